The largest absolute Gasteiger partial charge is 0.486 e. The standard InChI is InChI=1S/C21H17NO4S/c23-20(9-7-15-6-8-18-19(12-15)25-11-10-24-18)26-13-17-14-27-21(22-17)16-4-2-1-3-5-16/h1-9,12,14H,10-11,13H2. The number of fused-ring (bicyclic) bond motifs is 1. The number of benzene rings is 2. The molecule has 2 aromatic carbocycles. The minimum absolute atomic E-state index is 0.146. The molecule has 27 heavy (non-hydrogen) atoms. The van der Waals surface area contributed by atoms with Gasteiger partial charge in [-0.3, -0.25) is 0 Å². The number of ether oxygens (including phenoxy) is 3. The van der Waals surface area contributed by atoms with E-state index in [2.05, 4.69) is 4.98 Å². The van der Waals surface area contributed by atoms with Crippen LogP contribution in [0.3, 0.4) is 0 Å². The third kappa shape index (κ3) is 4.35. The summed E-state index contributed by atoms with van der Waals surface area (Å²) < 4.78 is 16.3. The molecular weight excluding hydrogens is 362 g/mol. The molecule has 4 rings (SSSR count). The highest BCUT2D eigenvalue weighted by molar-refractivity contribution is 7.13. The molecule has 1 aromatic heterocycles. The molecule has 5 nitrogen and oxygen atoms in total. The molecule has 136 valence electrons. The lowest BCUT2D eigenvalue weighted by molar-refractivity contribution is -0.139. The Hall–Kier alpha value is -3.12. The SMILES string of the molecule is O=C(C=Cc1ccc2c(c1)OCCO2)OCc1csc(-c2ccccc2)n1. The summed E-state index contributed by atoms with van der Waals surface area (Å²) in [6, 6.07) is 15.5. The zero-order chi connectivity index (χ0) is 18.5. The second-order valence-corrected chi connectivity index (χ2v) is 6.71. The van der Waals surface area contributed by atoms with Crippen LogP contribution in [0.2, 0.25) is 0 Å². The van der Waals surface area contributed by atoms with Crippen LogP contribution in [0.15, 0.2) is 60.0 Å². The van der Waals surface area contributed by atoms with Crippen LogP contribution in [0.25, 0.3) is 16.6 Å². The molecule has 0 fully saturated rings. The number of thiazole rings is 1. The fraction of sp³-hybridized carbons (Fsp3) is 0.143. The average molecular weight is 379 g/mol. The van der Waals surface area contributed by atoms with Gasteiger partial charge in [0.05, 0.1) is 5.69 Å². The van der Waals surface area contributed by atoms with Gasteiger partial charge in [0.2, 0.25) is 0 Å². The molecule has 2 heterocycles. The lowest BCUT2D eigenvalue weighted by Gasteiger charge is -2.18. The van der Waals surface area contributed by atoms with E-state index in [1.807, 2.05) is 53.9 Å². The van der Waals surface area contributed by atoms with E-state index in [1.165, 1.54) is 17.4 Å². The summed E-state index contributed by atoms with van der Waals surface area (Å²) >= 11 is 1.53. The Kier molecular flexibility index (Phi) is 5.16. The number of carbonyl (C=O) groups is 1. The average Bonchev–Trinajstić information content (AvgIpc) is 3.20. The first-order valence-corrected chi connectivity index (χ1v) is 9.40. The van der Waals surface area contributed by atoms with Crippen LogP contribution < -0.4 is 9.47 Å². The van der Waals surface area contributed by atoms with Crippen LogP contribution >= 0.6 is 11.3 Å². The van der Waals surface area contributed by atoms with E-state index < -0.39 is 5.97 Å². The molecular formula is C21H17NO4S. The summed E-state index contributed by atoms with van der Waals surface area (Å²) in [5.74, 6) is 0.991. The summed E-state index contributed by atoms with van der Waals surface area (Å²) in [5.41, 5.74) is 2.63. The Morgan fingerprint density at radius 1 is 1.11 bits per heavy atom. The zero-order valence-corrected chi connectivity index (χ0v) is 15.3. The minimum Gasteiger partial charge on any atom is -0.486 e. The van der Waals surface area contributed by atoms with E-state index in [1.54, 1.807) is 6.08 Å². The van der Waals surface area contributed by atoms with Gasteiger partial charge < -0.3 is 14.2 Å². The third-order valence-electron chi connectivity index (χ3n) is 3.91. The van der Waals surface area contributed by atoms with Gasteiger partial charge in [-0.1, -0.05) is 36.4 Å². The van der Waals surface area contributed by atoms with E-state index in [0.29, 0.717) is 19.0 Å². The van der Waals surface area contributed by atoms with Crippen LogP contribution in [0.5, 0.6) is 11.5 Å². The van der Waals surface area contributed by atoms with E-state index >= 15 is 0 Å². The number of rotatable bonds is 5. The van der Waals surface area contributed by atoms with Crippen LogP contribution in [-0.4, -0.2) is 24.2 Å². The first kappa shape index (κ1) is 17.3. The highest BCUT2D eigenvalue weighted by atomic mass is 32.1. The van der Waals surface area contributed by atoms with Crippen molar-refractivity contribution < 1.29 is 19.0 Å². The first-order valence-electron chi connectivity index (χ1n) is 8.52. The van der Waals surface area contributed by atoms with Gasteiger partial charge in [-0.05, 0) is 23.8 Å². The minimum atomic E-state index is -0.417. The van der Waals surface area contributed by atoms with Gasteiger partial charge in [-0.25, -0.2) is 9.78 Å². The monoisotopic (exact) mass is 379 g/mol. The summed E-state index contributed by atoms with van der Waals surface area (Å²) in [4.78, 5) is 16.5. The molecule has 0 unspecified atom stereocenters. The molecule has 0 radical (unpaired) electrons. The predicted molar refractivity (Wildman–Crippen MR) is 104 cm³/mol. The molecule has 0 spiro atoms. The molecule has 1 aliphatic rings. The Bertz CT molecular complexity index is 965. The molecule has 3 aromatic rings. The lowest BCUT2D eigenvalue weighted by Crippen LogP contribution is -2.15. The molecule has 0 saturated heterocycles. The van der Waals surface area contributed by atoms with Gasteiger partial charge in [0.1, 0.15) is 24.8 Å². The van der Waals surface area contributed by atoms with Crippen LogP contribution in [0.1, 0.15) is 11.3 Å². The first-order chi connectivity index (χ1) is 13.3. The lowest BCUT2D eigenvalue weighted by atomic mass is 10.2. The van der Waals surface area contributed by atoms with Crippen molar-refractivity contribution in [2.45, 2.75) is 6.61 Å². The molecule has 0 amide bonds. The Balaban J connectivity index is 1.33. The third-order valence-corrected chi connectivity index (χ3v) is 4.85. The zero-order valence-electron chi connectivity index (χ0n) is 14.5. The van der Waals surface area contributed by atoms with Gasteiger partial charge in [0, 0.05) is 17.0 Å². The predicted octanol–water partition coefficient (Wildman–Crippen LogP) is 4.34. The van der Waals surface area contributed by atoms with Crippen LogP contribution in [0.4, 0.5) is 0 Å². The Morgan fingerprint density at radius 2 is 1.93 bits per heavy atom. The molecule has 0 saturated carbocycles. The van der Waals surface area contributed by atoms with Gasteiger partial charge in [0.15, 0.2) is 11.5 Å². The van der Waals surface area contributed by atoms with Crippen molar-refractivity contribution in [3.05, 3.63) is 71.2 Å². The molecule has 0 bridgehead atoms. The van der Waals surface area contributed by atoms with Crippen molar-refractivity contribution in [1.82, 2.24) is 4.98 Å². The van der Waals surface area contributed by atoms with Crippen molar-refractivity contribution in [2.24, 2.45) is 0 Å². The Labute approximate surface area is 160 Å². The molecule has 0 N–H and O–H groups in total. The van der Waals surface area contributed by atoms with E-state index in [4.69, 9.17) is 14.2 Å². The van der Waals surface area contributed by atoms with E-state index in [9.17, 15) is 4.79 Å². The molecule has 1 aliphatic heterocycles. The highest BCUT2D eigenvalue weighted by Gasteiger charge is 2.11. The second-order valence-electron chi connectivity index (χ2n) is 5.85. The normalized spacial score (nSPS) is 12.9. The maximum atomic E-state index is 12.0. The van der Waals surface area contributed by atoms with E-state index in [-0.39, 0.29) is 6.61 Å². The maximum absolute atomic E-state index is 12.0. The van der Waals surface area contributed by atoms with Crippen molar-refractivity contribution in [1.29, 1.82) is 0 Å². The molecule has 0 aliphatic carbocycles. The van der Waals surface area contributed by atoms with Gasteiger partial charge >= 0.3 is 5.97 Å². The fourth-order valence-electron chi connectivity index (χ4n) is 2.61. The molecule has 0 atom stereocenters. The fourth-order valence-corrected chi connectivity index (χ4v) is 3.42. The van der Waals surface area contributed by atoms with Crippen molar-refractivity contribution in [3.63, 3.8) is 0 Å². The number of hydrogen-bond donors (Lipinski definition) is 0. The van der Waals surface area contributed by atoms with Gasteiger partial charge in [-0.15, -0.1) is 11.3 Å². The second kappa shape index (κ2) is 8.05. The number of esters is 1. The number of aromatic nitrogens is 1. The summed E-state index contributed by atoms with van der Waals surface area (Å²) in [7, 11) is 0. The summed E-state index contributed by atoms with van der Waals surface area (Å²) in [5, 5.41) is 2.81. The summed E-state index contributed by atoms with van der Waals surface area (Å²) in [6.07, 6.45) is 3.09. The Morgan fingerprint density at radius 3 is 2.78 bits per heavy atom. The summed E-state index contributed by atoms with van der Waals surface area (Å²) in [6.45, 7) is 1.23. The number of nitrogens with zero attached hydrogens (tertiary/aromatic N) is 1. The van der Waals surface area contributed by atoms with Crippen molar-refractivity contribution >= 4 is 23.4 Å². The quantitative estimate of drug-likeness (QED) is 0.488. The van der Waals surface area contributed by atoms with Crippen LogP contribution in [0, 0.1) is 0 Å². The topological polar surface area (TPSA) is 57.7 Å². The number of hydrogen-bond acceptors (Lipinski definition) is 6. The molecule has 6 heteroatoms. The van der Waals surface area contributed by atoms with Crippen molar-refractivity contribution in [2.75, 3.05) is 13.2 Å². The smallest absolute Gasteiger partial charge is 0.331 e. The van der Waals surface area contributed by atoms with Gasteiger partial charge in [0.25, 0.3) is 0 Å². The van der Waals surface area contributed by atoms with Crippen molar-refractivity contribution in [3.8, 4) is 22.1 Å². The maximum Gasteiger partial charge on any atom is 0.331 e. The van der Waals surface area contributed by atoms with Crippen LogP contribution in [-0.2, 0) is 16.1 Å². The highest BCUT2D eigenvalue weighted by Crippen LogP contribution is 2.31. The number of carbonyl (C=O) groups excluding carboxylic acids is 1. The van der Waals surface area contributed by atoms with Gasteiger partial charge in [-0.2, -0.15) is 0 Å². The van der Waals surface area contributed by atoms with E-state index in [0.717, 1.165) is 27.6 Å².